The summed E-state index contributed by atoms with van der Waals surface area (Å²) < 4.78 is 12.7. The molecule has 106 valence electrons. The van der Waals surface area contributed by atoms with Gasteiger partial charge < -0.3 is 10.4 Å². The van der Waals surface area contributed by atoms with Crippen molar-refractivity contribution in [3.63, 3.8) is 0 Å². The van der Waals surface area contributed by atoms with E-state index >= 15 is 0 Å². The van der Waals surface area contributed by atoms with Crippen LogP contribution in [-0.4, -0.2) is 40.5 Å². The third kappa shape index (κ3) is 3.11. The second-order valence-corrected chi connectivity index (χ2v) is 4.47. The second-order valence-electron chi connectivity index (χ2n) is 4.47. The summed E-state index contributed by atoms with van der Waals surface area (Å²) in [4.78, 5) is 35.0. The van der Waals surface area contributed by atoms with Crippen molar-refractivity contribution in [2.45, 2.75) is 18.9 Å². The molecule has 0 unspecified atom stereocenters. The number of carbonyl (C=O) groups excluding carboxylic acids is 2. The number of hydrogen-bond donors (Lipinski definition) is 2. The van der Waals surface area contributed by atoms with Crippen LogP contribution in [0.25, 0.3) is 0 Å². The number of amides is 3. The van der Waals surface area contributed by atoms with Crippen molar-refractivity contribution in [3.8, 4) is 0 Å². The van der Waals surface area contributed by atoms with E-state index in [2.05, 4.69) is 5.32 Å². The number of carbonyl (C=O) groups is 3. The van der Waals surface area contributed by atoms with Gasteiger partial charge in [-0.15, -0.1) is 0 Å². The first kappa shape index (κ1) is 14.0. The van der Waals surface area contributed by atoms with Crippen LogP contribution in [0.4, 0.5) is 9.18 Å². The molecule has 0 aliphatic carbocycles. The lowest BCUT2D eigenvalue weighted by Gasteiger charge is -2.12. The second kappa shape index (κ2) is 5.68. The van der Waals surface area contributed by atoms with Crippen LogP contribution in [-0.2, 0) is 16.0 Å². The molecule has 7 heteroatoms. The van der Waals surface area contributed by atoms with Crippen molar-refractivity contribution in [2.75, 3.05) is 6.54 Å². The van der Waals surface area contributed by atoms with Crippen LogP contribution in [0.1, 0.15) is 12.0 Å². The van der Waals surface area contributed by atoms with Gasteiger partial charge >= 0.3 is 12.0 Å². The molecule has 1 aromatic carbocycles. The summed E-state index contributed by atoms with van der Waals surface area (Å²) in [6.45, 7) is 0.131. The Labute approximate surface area is 114 Å². The van der Waals surface area contributed by atoms with Gasteiger partial charge in [-0.3, -0.25) is 14.5 Å². The van der Waals surface area contributed by atoms with Crippen molar-refractivity contribution in [3.05, 3.63) is 35.6 Å². The van der Waals surface area contributed by atoms with Gasteiger partial charge in [0.2, 0.25) is 0 Å². The zero-order valence-corrected chi connectivity index (χ0v) is 10.5. The molecule has 1 fully saturated rings. The van der Waals surface area contributed by atoms with Crippen LogP contribution >= 0.6 is 0 Å². The fraction of sp³-hybridized carbons (Fsp3) is 0.308. The van der Waals surface area contributed by atoms with E-state index in [1.165, 1.54) is 12.1 Å². The SMILES string of the molecule is O=C(O)C[C@@H]1NC(=O)N(CCc2ccc(F)cc2)C1=O. The average molecular weight is 280 g/mol. The molecule has 2 rings (SSSR count). The molecule has 1 heterocycles. The molecule has 1 saturated heterocycles. The molecule has 1 aromatic rings. The van der Waals surface area contributed by atoms with E-state index in [1.807, 2.05) is 0 Å². The molecule has 1 aliphatic heterocycles. The number of nitrogens with zero attached hydrogens (tertiary/aromatic N) is 1. The van der Waals surface area contributed by atoms with E-state index in [4.69, 9.17) is 5.11 Å². The van der Waals surface area contributed by atoms with E-state index in [9.17, 15) is 18.8 Å². The number of carboxylic acids is 1. The minimum atomic E-state index is -1.15. The number of rotatable bonds is 5. The molecule has 1 atom stereocenters. The molecule has 1 aliphatic rings. The van der Waals surface area contributed by atoms with Crippen molar-refractivity contribution in [2.24, 2.45) is 0 Å². The molecular formula is C13H13FN2O4. The van der Waals surface area contributed by atoms with Crippen LogP contribution in [0.3, 0.4) is 0 Å². The Morgan fingerprint density at radius 2 is 1.95 bits per heavy atom. The molecular weight excluding hydrogens is 267 g/mol. The highest BCUT2D eigenvalue weighted by atomic mass is 19.1. The van der Waals surface area contributed by atoms with Gasteiger partial charge in [0, 0.05) is 6.54 Å². The fourth-order valence-corrected chi connectivity index (χ4v) is 1.99. The molecule has 0 saturated carbocycles. The van der Waals surface area contributed by atoms with E-state index in [0.29, 0.717) is 6.42 Å². The summed E-state index contributed by atoms with van der Waals surface area (Å²) in [5.74, 6) is -2.05. The first-order valence-corrected chi connectivity index (χ1v) is 6.05. The van der Waals surface area contributed by atoms with E-state index < -0.39 is 30.4 Å². The molecule has 20 heavy (non-hydrogen) atoms. The maximum atomic E-state index is 12.7. The highest BCUT2D eigenvalue weighted by Gasteiger charge is 2.38. The van der Waals surface area contributed by atoms with Crippen LogP contribution < -0.4 is 5.32 Å². The Morgan fingerprint density at radius 3 is 2.55 bits per heavy atom. The molecule has 2 N–H and O–H groups in total. The van der Waals surface area contributed by atoms with E-state index in [1.54, 1.807) is 12.1 Å². The van der Waals surface area contributed by atoms with Crippen molar-refractivity contribution >= 4 is 17.9 Å². The molecule has 6 nitrogen and oxygen atoms in total. The van der Waals surface area contributed by atoms with Gasteiger partial charge in [0.05, 0.1) is 6.42 Å². The zero-order valence-electron chi connectivity index (χ0n) is 10.5. The minimum absolute atomic E-state index is 0.131. The molecule has 0 spiro atoms. The summed E-state index contributed by atoms with van der Waals surface area (Å²) in [6, 6.07) is 4.14. The lowest BCUT2D eigenvalue weighted by molar-refractivity contribution is -0.140. The van der Waals surface area contributed by atoms with Crippen LogP contribution in [0.2, 0.25) is 0 Å². The maximum Gasteiger partial charge on any atom is 0.324 e. The van der Waals surface area contributed by atoms with Crippen LogP contribution in [0.5, 0.6) is 0 Å². The van der Waals surface area contributed by atoms with Gasteiger partial charge in [-0.1, -0.05) is 12.1 Å². The van der Waals surface area contributed by atoms with Gasteiger partial charge in [0.25, 0.3) is 5.91 Å². The Kier molecular flexibility index (Phi) is 3.97. The Balaban J connectivity index is 1.95. The highest BCUT2D eigenvalue weighted by molar-refractivity contribution is 6.05. The number of halogens is 1. The maximum absolute atomic E-state index is 12.7. The first-order chi connectivity index (χ1) is 9.47. The highest BCUT2D eigenvalue weighted by Crippen LogP contribution is 2.11. The number of imide groups is 1. The number of aliphatic carboxylic acids is 1. The van der Waals surface area contributed by atoms with E-state index in [0.717, 1.165) is 10.5 Å². The summed E-state index contributed by atoms with van der Waals surface area (Å²) in [5, 5.41) is 11.0. The van der Waals surface area contributed by atoms with Crippen molar-refractivity contribution < 1.29 is 23.9 Å². The fourth-order valence-electron chi connectivity index (χ4n) is 1.99. The van der Waals surface area contributed by atoms with Crippen molar-refractivity contribution in [1.82, 2.24) is 10.2 Å². The number of carboxylic acid groups (broad SMARTS) is 1. The van der Waals surface area contributed by atoms with Gasteiger partial charge in [-0.05, 0) is 24.1 Å². The van der Waals surface area contributed by atoms with Crippen molar-refractivity contribution in [1.29, 1.82) is 0 Å². The largest absolute Gasteiger partial charge is 0.481 e. The van der Waals surface area contributed by atoms with Crippen LogP contribution in [0.15, 0.2) is 24.3 Å². The van der Waals surface area contributed by atoms with E-state index in [-0.39, 0.29) is 12.4 Å². The molecule has 0 radical (unpaired) electrons. The third-order valence-electron chi connectivity index (χ3n) is 3.02. The Hall–Kier alpha value is -2.44. The topological polar surface area (TPSA) is 86.7 Å². The summed E-state index contributed by atoms with van der Waals surface area (Å²) in [7, 11) is 0. The predicted molar refractivity (Wildman–Crippen MR) is 66.4 cm³/mol. The lowest BCUT2D eigenvalue weighted by Crippen LogP contribution is -2.34. The molecule has 3 amide bonds. The Morgan fingerprint density at radius 1 is 1.30 bits per heavy atom. The average Bonchev–Trinajstić information content (AvgIpc) is 2.64. The smallest absolute Gasteiger partial charge is 0.324 e. The first-order valence-electron chi connectivity index (χ1n) is 6.05. The summed E-state index contributed by atoms with van der Waals surface area (Å²) >= 11 is 0. The number of benzene rings is 1. The Bertz CT molecular complexity index is 544. The number of hydrogen-bond acceptors (Lipinski definition) is 3. The molecule has 0 bridgehead atoms. The van der Waals surface area contributed by atoms with Gasteiger partial charge in [-0.25, -0.2) is 9.18 Å². The summed E-state index contributed by atoms with van der Waals surface area (Å²) in [5.41, 5.74) is 0.786. The predicted octanol–water partition coefficient (Wildman–Crippen LogP) is 0.763. The third-order valence-corrected chi connectivity index (χ3v) is 3.02. The van der Waals surface area contributed by atoms with Gasteiger partial charge in [0.15, 0.2) is 0 Å². The monoisotopic (exact) mass is 280 g/mol. The van der Waals surface area contributed by atoms with Crippen LogP contribution in [0, 0.1) is 5.82 Å². The normalized spacial score (nSPS) is 18.2. The summed E-state index contributed by atoms with van der Waals surface area (Å²) in [6.07, 6.45) is -0.0448. The van der Waals surface area contributed by atoms with Gasteiger partial charge in [-0.2, -0.15) is 0 Å². The molecule has 0 aromatic heterocycles. The quantitative estimate of drug-likeness (QED) is 0.780. The lowest BCUT2D eigenvalue weighted by atomic mass is 10.1. The zero-order chi connectivity index (χ0) is 14.7. The minimum Gasteiger partial charge on any atom is -0.481 e. The number of nitrogens with one attached hydrogen (secondary N) is 1. The standard InChI is InChI=1S/C13H13FN2O4/c14-9-3-1-8(2-4-9)5-6-16-12(19)10(7-11(17)18)15-13(16)20/h1-4,10H,5-7H2,(H,15,20)(H,17,18)/t10-/m0/s1. The van der Waals surface area contributed by atoms with Gasteiger partial charge in [0.1, 0.15) is 11.9 Å². The number of urea groups is 1.